The Morgan fingerprint density at radius 2 is 2.14 bits per heavy atom. The van der Waals surface area contributed by atoms with Gasteiger partial charge in [-0.25, -0.2) is 0 Å². The molecule has 1 N–H and O–H groups in total. The van der Waals surface area contributed by atoms with Crippen LogP contribution in [0.2, 0.25) is 0 Å². The molecule has 5 nitrogen and oxygen atoms in total. The predicted octanol–water partition coefficient (Wildman–Crippen LogP) is 3.19. The lowest BCUT2D eigenvalue weighted by molar-refractivity contribution is 0.280. The molecule has 2 rings (SSSR count). The third kappa shape index (κ3) is 4.04. The zero-order valence-corrected chi connectivity index (χ0v) is 13.1. The molecule has 0 saturated heterocycles. The Labute approximate surface area is 125 Å². The number of hydrogen-bond donors (Lipinski definition) is 1. The van der Waals surface area contributed by atoms with Crippen LogP contribution in [0.4, 0.5) is 0 Å². The monoisotopic (exact) mass is 289 g/mol. The summed E-state index contributed by atoms with van der Waals surface area (Å²) in [5, 5.41) is 7.31. The Morgan fingerprint density at radius 3 is 2.81 bits per heavy atom. The van der Waals surface area contributed by atoms with E-state index in [1.807, 2.05) is 19.1 Å². The van der Waals surface area contributed by atoms with Crippen molar-refractivity contribution in [2.45, 2.75) is 46.8 Å². The standard InChI is InChI=1S/C16H23N3O2/c1-5-16-18-15(19-21-16)10-20-14-8-7-11(3)9-13(14)12(4)17-6-2/h7-9,12,17H,5-6,10H2,1-4H3. The number of nitrogens with zero attached hydrogens (tertiary/aromatic N) is 2. The van der Waals surface area contributed by atoms with Gasteiger partial charge in [0.2, 0.25) is 11.7 Å². The highest BCUT2D eigenvalue weighted by atomic mass is 16.5. The molecule has 1 heterocycles. The molecule has 0 spiro atoms. The molecule has 1 aromatic carbocycles. The van der Waals surface area contributed by atoms with Gasteiger partial charge in [-0.2, -0.15) is 4.98 Å². The van der Waals surface area contributed by atoms with Gasteiger partial charge in [0, 0.05) is 18.0 Å². The predicted molar refractivity (Wildman–Crippen MR) is 81.3 cm³/mol. The lowest BCUT2D eigenvalue weighted by Gasteiger charge is -2.18. The molecule has 5 heteroatoms. The number of aromatic nitrogens is 2. The van der Waals surface area contributed by atoms with Crippen LogP contribution in [0.3, 0.4) is 0 Å². The molecule has 21 heavy (non-hydrogen) atoms. The highest BCUT2D eigenvalue weighted by Gasteiger charge is 2.12. The molecule has 0 aliphatic rings. The van der Waals surface area contributed by atoms with Crippen LogP contribution >= 0.6 is 0 Å². The highest BCUT2D eigenvalue weighted by molar-refractivity contribution is 5.39. The number of nitrogens with one attached hydrogen (secondary N) is 1. The van der Waals surface area contributed by atoms with Gasteiger partial charge in [0.1, 0.15) is 5.75 Å². The molecule has 0 amide bonds. The minimum absolute atomic E-state index is 0.237. The molecule has 1 unspecified atom stereocenters. The maximum Gasteiger partial charge on any atom is 0.226 e. The van der Waals surface area contributed by atoms with Crippen molar-refractivity contribution in [3.63, 3.8) is 0 Å². The summed E-state index contributed by atoms with van der Waals surface area (Å²) in [5.41, 5.74) is 2.37. The van der Waals surface area contributed by atoms with E-state index in [0.717, 1.165) is 24.3 Å². The first-order chi connectivity index (χ1) is 10.1. The Balaban J connectivity index is 2.11. The van der Waals surface area contributed by atoms with Crippen LogP contribution in [0.25, 0.3) is 0 Å². The van der Waals surface area contributed by atoms with Gasteiger partial charge in [-0.1, -0.05) is 36.7 Å². The van der Waals surface area contributed by atoms with Crippen LogP contribution in [-0.4, -0.2) is 16.7 Å². The van der Waals surface area contributed by atoms with E-state index in [1.165, 1.54) is 5.56 Å². The molecule has 2 aromatic rings. The van der Waals surface area contributed by atoms with E-state index < -0.39 is 0 Å². The summed E-state index contributed by atoms with van der Waals surface area (Å²) < 4.78 is 11.0. The SMILES string of the molecule is CCNC(C)c1cc(C)ccc1OCc1noc(CC)n1. The Hall–Kier alpha value is -1.88. The largest absolute Gasteiger partial charge is 0.485 e. The number of hydrogen-bond acceptors (Lipinski definition) is 5. The molecule has 0 radical (unpaired) electrons. The van der Waals surface area contributed by atoms with E-state index in [4.69, 9.17) is 9.26 Å². The zero-order chi connectivity index (χ0) is 15.2. The van der Waals surface area contributed by atoms with Crippen LogP contribution in [0, 0.1) is 6.92 Å². The highest BCUT2D eigenvalue weighted by Crippen LogP contribution is 2.27. The molecule has 1 aromatic heterocycles. The number of benzene rings is 1. The van der Waals surface area contributed by atoms with Crippen LogP contribution in [0.5, 0.6) is 5.75 Å². The lowest BCUT2D eigenvalue weighted by Crippen LogP contribution is -2.18. The van der Waals surface area contributed by atoms with E-state index in [2.05, 4.69) is 42.3 Å². The Bertz CT molecular complexity index is 581. The summed E-state index contributed by atoms with van der Waals surface area (Å²) in [7, 11) is 0. The quantitative estimate of drug-likeness (QED) is 0.848. The van der Waals surface area contributed by atoms with Crippen LogP contribution in [-0.2, 0) is 13.0 Å². The molecule has 0 saturated carbocycles. The first-order valence-electron chi connectivity index (χ1n) is 7.42. The third-order valence-electron chi connectivity index (χ3n) is 3.31. The number of rotatable bonds is 7. The molecule has 0 aliphatic heterocycles. The average Bonchev–Trinajstić information content (AvgIpc) is 2.94. The minimum Gasteiger partial charge on any atom is -0.485 e. The van der Waals surface area contributed by atoms with Crippen molar-refractivity contribution in [2.75, 3.05) is 6.54 Å². The van der Waals surface area contributed by atoms with E-state index >= 15 is 0 Å². The lowest BCUT2D eigenvalue weighted by atomic mass is 10.0. The summed E-state index contributed by atoms with van der Waals surface area (Å²) in [5.74, 6) is 2.07. The normalized spacial score (nSPS) is 12.4. The van der Waals surface area contributed by atoms with Crippen LogP contribution in [0.1, 0.15) is 49.7 Å². The average molecular weight is 289 g/mol. The summed E-state index contributed by atoms with van der Waals surface area (Å²) >= 11 is 0. The van der Waals surface area contributed by atoms with Gasteiger partial charge < -0.3 is 14.6 Å². The molecular weight excluding hydrogens is 266 g/mol. The van der Waals surface area contributed by atoms with Crippen molar-refractivity contribution in [1.29, 1.82) is 0 Å². The summed E-state index contributed by atoms with van der Waals surface area (Å²) in [4.78, 5) is 4.25. The van der Waals surface area contributed by atoms with E-state index in [0.29, 0.717) is 18.3 Å². The summed E-state index contributed by atoms with van der Waals surface area (Å²) in [6.45, 7) is 9.53. The third-order valence-corrected chi connectivity index (χ3v) is 3.31. The first kappa shape index (κ1) is 15.5. The summed E-state index contributed by atoms with van der Waals surface area (Å²) in [6, 6.07) is 6.43. The fraction of sp³-hybridized carbons (Fsp3) is 0.500. The van der Waals surface area contributed by atoms with E-state index in [1.54, 1.807) is 0 Å². The smallest absolute Gasteiger partial charge is 0.226 e. The van der Waals surface area contributed by atoms with E-state index in [9.17, 15) is 0 Å². The van der Waals surface area contributed by atoms with Crippen LogP contribution in [0.15, 0.2) is 22.7 Å². The van der Waals surface area contributed by atoms with Crippen molar-refractivity contribution < 1.29 is 9.26 Å². The van der Waals surface area contributed by atoms with Gasteiger partial charge in [-0.15, -0.1) is 0 Å². The molecule has 1 atom stereocenters. The second kappa shape index (κ2) is 7.22. The van der Waals surface area contributed by atoms with Gasteiger partial charge in [-0.05, 0) is 26.5 Å². The molecular formula is C16H23N3O2. The Morgan fingerprint density at radius 1 is 1.33 bits per heavy atom. The van der Waals surface area contributed by atoms with Gasteiger partial charge in [-0.3, -0.25) is 0 Å². The first-order valence-corrected chi connectivity index (χ1v) is 7.42. The Kier molecular flexibility index (Phi) is 5.33. The van der Waals surface area contributed by atoms with Crippen molar-refractivity contribution >= 4 is 0 Å². The second-order valence-electron chi connectivity index (χ2n) is 5.07. The summed E-state index contributed by atoms with van der Waals surface area (Å²) in [6.07, 6.45) is 0.736. The topological polar surface area (TPSA) is 60.2 Å². The molecule has 0 fully saturated rings. The van der Waals surface area contributed by atoms with Crippen molar-refractivity contribution in [2.24, 2.45) is 0 Å². The van der Waals surface area contributed by atoms with Crippen LogP contribution < -0.4 is 10.1 Å². The fourth-order valence-electron chi connectivity index (χ4n) is 2.19. The maximum absolute atomic E-state index is 5.88. The zero-order valence-electron chi connectivity index (χ0n) is 13.1. The van der Waals surface area contributed by atoms with Gasteiger partial charge in [0.15, 0.2) is 6.61 Å². The van der Waals surface area contributed by atoms with Crippen molar-refractivity contribution in [3.8, 4) is 5.75 Å². The van der Waals surface area contributed by atoms with Gasteiger partial charge in [0.05, 0.1) is 0 Å². The van der Waals surface area contributed by atoms with E-state index in [-0.39, 0.29) is 6.04 Å². The maximum atomic E-state index is 5.88. The van der Waals surface area contributed by atoms with Crippen molar-refractivity contribution in [1.82, 2.24) is 15.5 Å². The van der Waals surface area contributed by atoms with Gasteiger partial charge >= 0.3 is 0 Å². The van der Waals surface area contributed by atoms with Gasteiger partial charge in [0.25, 0.3) is 0 Å². The molecule has 0 aliphatic carbocycles. The minimum atomic E-state index is 0.237. The number of ether oxygens (including phenoxy) is 1. The molecule has 114 valence electrons. The molecule has 0 bridgehead atoms. The fourth-order valence-corrected chi connectivity index (χ4v) is 2.19. The second-order valence-corrected chi connectivity index (χ2v) is 5.07. The van der Waals surface area contributed by atoms with Crippen molar-refractivity contribution in [3.05, 3.63) is 41.0 Å². The number of aryl methyl sites for hydroxylation is 2.